The van der Waals surface area contributed by atoms with Crippen molar-refractivity contribution in [3.05, 3.63) is 25.7 Å². The number of hydrogen-bond acceptors (Lipinski definition) is 4. The highest BCUT2D eigenvalue weighted by molar-refractivity contribution is 5.22. The fourth-order valence-corrected chi connectivity index (χ4v) is 5.13. The Kier molecular flexibility index (Phi) is 2.58. The molecule has 0 radical (unpaired) electrons. The van der Waals surface area contributed by atoms with Crippen LogP contribution < -0.4 is 0 Å². The van der Waals surface area contributed by atoms with Gasteiger partial charge in [-0.15, -0.1) is 0 Å². The summed E-state index contributed by atoms with van der Waals surface area (Å²) >= 11 is 0. The molecule has 4 aliphatic carbocycles. The quantitative estimate of drug-likeness (QED) is 0.776. The van der Waals surface area contributed by atoms with E-state index in [0.29, 0.717) is 19.3 Å². The lowest BCUT2D eigenvalue weighted by Crippen LogP contribution is -2.72. The van der Waals surface area contributed by atoms with Gasteiger partial charge < -0.3 is 19.3 Å². The molecule has 4 fully saturated rings. The summed E-state index contributed by atoms with van der Waals surface area (Å²) in [5, 5.41) is 10.9. The molecule has 0 aromatic rings. The first-order valence-corrected chi connectivity index (χ1v) is 6.77. The van der Waals surface area contributed by atoms with Crippen LogP contribution in [0.3, 0.4) is 0 Å². The molecule has 19 heavy (non-hydrogen) atoms. The average Bonchev–Trinajstić information content (AvgIpc) is 2.25. The topological polar surface area (TPSA) is 47.9 Å². The highest BCUT2D eigenvalue weighted by atomic mass is 16.5. The lowest BCUT2D eigenvalue weighted by Gasteiger charge is -2.66. The van der Waals surface area contributed by atoms with Crippen molar-refractivity contribution in [3.8, 4) is 0 Å². The van der Waals surface area contributed by atoms with Gasteiger partial charge in [-0.25, -0.2) is 0 Å². The molecular formula is C15H22O4. The van der Waals surface area contributed by atoms with Gasteiger partial charge in [0.1, 0.15) is 11.2 Å². The first kappa shape index (κ1) is 13.0. The molecule has 1 N–H and O–H groups in total. The van der Waals surface area contributed by atoms with Crippen LogP contribution in [-0.2, 0) is 14.2 Å². The second-order valence-electron chi connectivity index (χ2n) is 6.61. The second kappa shape index (κ2) is 3.76. The van der Waals surface area contributed by atoms with Gasteiger partial charge in [0.25, 0.3) is 0 Å². The number of rotatable bonds is 5. The van der Waals surface area contributed by atoms with Gasteiger partial charge in [-0.1, -0.05) is 13.2 Å². The van der Waals surface area contributed by atoms with Gasteiger partial charge in [-0.05, 0) is 0 Å². The van der Waals surface area contributed by atoms with Gasteiger partial charge in [0.05, 0.1) is 23.7 Å². The summed E-state index contributed by atoms with van der Waals surface area (Å²) in [7, 11) is 1.71. The molecule has 4 rings (SSSR count). The normalized spacial score (nSPS) is 50.8. The van der Waals surface area contributed by atoms with Crippen molar-refractivity contribution < 1.29 is 19.3 Å². The first-order chi connectivity index (χ1) is 8.92. The van der Waals surface area contributed by atoms with Crippen LogP contribution in [0, 0.1) is 0 Å². The second-order valence-corrected chi connectivity index (χ2v) is 6.61. The maximum Gasteiger partial charge on any atom is 0.117 e. The van der Waals surface area contributed by atoms with E-state index in [2.05, 4.69) is 13.2 Å². The Balaban J connectivity index is 2.04. The summed E-state index contributed by atoms with van der Waals surface area (Å²) in [5.41, 5.74) is -2.00. The van der Waals surface area contributed by atoms with Crippen molar-refractivity contribution in [2.75, 3.05) is 7.11 Å². The summed E-state index contributed by atoms with van der Waals surface area (Å²) in [6.45, 7) is 7.34. The summed E-state index contributed by atoms with van der Waals surface area (Å²) < 4.78 is 17.4. The van der Waals surface area contributed by atoms with E-state index < -0.39 is 16.8 Å². The third-order valence-corrected chi connectivity index (χ3v) is 4.99. The van der Waals surface area contributed by atoms with Crippen molar-refractivity contribution in [1.29, 1.82) is 0 Å². The zero-order valence-electron chi connectivity index (χ0n) is 11.5. The lowest BCUT2D eigenvalue weighted by molar-refractivity contribution is -0.304. The van der Waals surface area contributed by atoms with Crippen LogP contribution in [0.5, 0.6) is 0 Å². The molecule has 0 heterocycles. The maximum absolute atomic E-state index is 10.9. The smallest absolute Gasteiger partial charge is 0.117 e. The predicted octanol–water partition coefficient (Wildman–Crippen LogP) is 2.28. The van der Waals surface area contributed by atoms with E-state index in [-0.39, 0.29) is 5.60 Å². The average molecular weight is 266 g/mol. The van der Waals surface area contributed by atoms with E-state index in [1.807, 2.05) is 0 Å². The standard InChI is InChI=1S/C15H22O4/c1-4-18-14-7-12(16)6-13(9-14,17-3)10-15(8-12,11-14)19-5-2/h4-5,16H,1-2,6-11H2,3H3. The van der Waals surface area contributed by atoms with E-state index in [1.165, 1.54) is 12.5 Å². The van der Waals surface area contributed by atoms with Crippen LogP contribution >= 0.6 is 0 Å². The van der Waals surface area contributed by atoms with Gasteiger partial charge in [-0.2, -0.15) is 0 Å². The van der Waals surface area contributed by atoms with Crippen LogP contribution in [0.25, 0.3) is 0 Å². The molecule has 0 aromatic heterocycles. The molecule has 4 heteroatoms. The van der Waals surface area contributed by atoms with Gasteiger partial charge in [0, 0.05) is 45.6 Å². The number of ether oxygens (including phenoxy) is 3. The first-order valence-electron chi connectivity index (χ1n) is 6.77. The molecule has 106 valence electrons. The van der Waals surface area contributed by atoms with Gasteiger partial charge >= 0.3 is 0 Å². The zero-order valence-corrected chi connectivity index (χ0v) is 11.5. The molecule has 4 nitrogen and oxygen atoms in total. The third-order valence-electron chi connectivity index (χ3n) is 4.99. The van der Waals surface area contributed by atoms with E-state index in [4.69, 9.17) is 14.2 Å². The van der Waals surface area contributed by atoms with Crippen LogP contribution in [0.15, 0.2) is 25.7 Å². The van der Waals surface area contributed by atoms with E-state index in [1.54, 1.807) is 7.11 Å². The Morgan fingerprint density at radius 1 is 0.842 bits per heavy atom. The molecule has 0 saturated heterocycles. The molecule has 2 unspecified atom stereocenters. The zero-order chi connectivity index (χ0) is 13.8. The van der Waals surface area contributed by atoms with Crippen molar-refractivity contribution in [2.24, 2.45) is 0 Å². The lowest BCUT2D eigenvalue weighted by atomic mass is 9.48. The van der Waals surface area contributed by atoms with Crippen LogP contribution in [0.1, 0.15) is 38.5 Å². The molecule has 0 amide bonds. The molecule has 0 spiro atoms. The monoisotopic (exact) mass is 266 g/mol. The van der Waals surface area contributed by atoms with Crippen molar-refractivity contribution in [1.82, 2.24) is 0 Å². The SMILES string of the molecule is C=COC12CC3(O)CC(OC)(C1)CC(OC=C)(C3)C2. The van der Waals surface area contributed by atoms with Crippen LogP contribution in [-0.4, -0.2) is 34.6 Å². The summed E-state index contributed by atoms with van der Waals surface area (Å²) in [5.74, 6) is 0. The minimum atomic E-state index is -0.781. The largest absolute Gasteiger partial charge is 0.495 e. The number of hydrogen-bond donors (Lipinski definition) is 1. The minimum Gasteiger partial charge on any atom is -0.495 e. The summed E-state index contributed by atoms with van der Waals surface area (Å²) in [6, 6.07) is 0. The van der Waals surface area contributed by atoms with Crippen molar-refractivity contribution in [2.45, 2.75) is 60.9 Å². The molecule has 0 aromatic carbocycles. The fraction of sp³-hybridized carbons (Fsp3) is 0.733. The predicted molar refractivity (Wildman–Crippen MR) is 70.4 cm³/mol. The molecule has 4 saturated carbocycles. The Hall–Kier alpha value is -1.00. The Labute approximate surface area is 114 Å². The third kappa shape index (κ3) is 1.81. The Bertz CT molecular complexity index is 390. The molecule has 4 bridgehead atoms. The van der Waals surface area contributed by atoms with E-state index >= 15 is 0 Å². The maximum atomic E-state index is 10.9. The molecule has 2 atom stereocenters. The van der Waals surface area contributed by atoms with E-state index in [9.17, 15) is 5.11 Å². The minimum absolute atomic E-state index is 0.366. The van der Waals surface area contributed by atoms with Crippen molar-refractivity contribution in [3.63, 3.8) is 0 Å². The van der Waals surface area contributed by atoms with Gasteiger partial charge in [0.2, 0.25) is 0 Å². The van der Waals surface area contributed by atoms with Gasteiger partial charge in [-0.3, -0.25) is 0 Å². The number of methoxy groups -OCH3 is 1. The van der Waals surface area contributed by atoms with Crippen LogP contribution in [0.4, 0.5) is 0 Å². The fourth-order valence-electron chi connectivity index (χ4n) is 5.13. The Morgan fingerprint density at radius 3 is 1.68 bits per heavy atom. The Morgan fingerprint density at radius 2 is 1.26 bits per heavy atom. The number of aliphatic hydroxyl groups is 1. The molecule has 0 aliphatic heterocycles. The van der Waals surface area contributed by atoms with Crippen molar-refractivity contribution >= 4 is 0 Å². The van der Waals surface area contributed by atoms with Gasteiger partial charge in [0.15, 0.2) is 0 Å². The van der Waals surface area contributed by atoms with Crippen LogP contribution in [0.2, 0.25) is 0 Å². The van der Waals surface area contributed by atoms with E-state index in [0.717, 1.165) is 19.3 Å². The summed E-state index contributed by atoms with van der Waals surface area (Å²) in [4.78, 5) is 0. The molecular weight excluding hydrogens is 244 g/mol. The highest BCUT2D eigenvalue weighted by Gasteiger charge is 2.70. The summed E-state index contributed by atoms with van der Waals surface area (Å²) in [6.07, 6.45) is 7.17. The highest BCUT2D eigenvalue weighted by Crippen LogP contribution is 2.64. The molecule has 4 aliphatic rings.